The van der Waals surface area contributed by atoms with Crippen molar-refractivity contribution in [1.29, 1.82) is 0 Å². The topological polar surface area (TPSA) is 70.5 Å². The number of nitrogens with zero attached hydrogens (tertiary/aromatic N) is 2. The number of carbonyl (C=O) groups excluding carboxylic acids is 1. The van der Waals surface area contributed by atoms with Crippen LogP contribution >= 0.6 is 11.3 Å². The third kappa shape index (κ3) is 3.02. The fourth-order valence-electron chi connectivity index (χ4n) is 1.09. The minimum absolute atomic E-state index is 0.0545. The predicted octanol–water partition coefficient (Wildman–Crippen LogP) is 1.08. The number of aromatic nitrogens is 1. The Labute approximate surface area is 91.4 Å². The van der Waals surface area contributed by atoms with E-state index in [0.29, 0.717) is 4.88 Å². The Balaban J connectivity index is 2.64. The zero-order valence-corrected chi connectivity index (χ0v) is 9.32. The number of hydrogen-bond donors (Lipinski definition) is 1. The molecule has 1 unspecified atom stereocenters. The van der Waals surface area contributed by atoms with Crippen LogP contribution in [0.4, 0.5) is 0 Å². The van der Waals surface area contributed by atoms with Gasteiger partial charge in [-0.1, -0.05) is 0 Å². The molecule has 82 valence electrons. The summed E-state index contributed by atoms with van der Waals surface area (Å²) in [6.45, 7) is 1.70. The third-order valence-electron chi connectivity index (χ3n) is 2.09. The molecular formula is C9H12N2O3S. The molecule has 1 heterocycles. The number of thiazole rings is 1. The zero-order valence-electron chi connectivity index (χ0n) is 8.51. The lowest BCUT2D eigenvalue weighted by molar-refractivity contribution is -0.137. The largest absolute Gasteiger partial charge is 0.481 e. The molecule has 1 aromatic rings. The molecule has 1 rings (SSSR count). The first-order valence-corrected chi connectivity index (χ1v) is 5.27. The van der Waals surface area contributed by atoms with Crippen LogP contribution < -0.4 is 0 Å². The van der Waals surface area contributed by atoms with Gasteiger partial charge in [-0.25, -0.2) is 0 Å². The Kier molecular flexibility index (Phi) is 3.79. The molecule has 5 nitrogen and oxygen atoms in total. The van der Waals surface area contributed by atoms with Crippen LogP contribution in [-0.2, 0) is 4.79 Å². The second-order valence-corrected chi connectivity index (χ2v) is 4.11. The Morgan fingerprint density at radius 3 is 2.80 bits per heavy atom. The minimum atomic E-state index is -0.911. The van der Waals surface area contributed by atoms with Gasteiger partial charge in [0.15, 0.2) is 0 Å². The van der Waals surface area contributed by atoms with Crippen molar-refractivity contribution in [1.82, 2.24) is 9.88 Å². The molecule has 1 aromatic heterocycles. The fourth-order valence-corrected chi connectivity index (χ4v) is 1.69. The van der Waals surface area contributed by atoms with Crippen LogP contribution in [0.2, 0.25) is 0 Å². The Bertz CT molecular complexity index is 350. The van der Waals surface area contributed by atoms with Crippen LogP contribution in [0.5, 0.6) is 0 Å². The lowest BCUT2D eigenvalue weighted by Crippen LogP contribution is -2.36. The van der Waals surface area contributed by atoms with Gasteiger partial charge in [-0.15, -0.1) is 11.3 Å². The van der Waals surface area contributed by atoms with E-state index in [-0.39, 0.29) is 18.4 Å². The zero-order chi connectivity index (χ0) is 11.4. The SMILES string of the molecule is CC(CC(=O)O)N(C)C(=O)c1cncs1. The first kappa shape index (κ1) is 11.6. The van der Waals surface area contributed by atoms with E-state index < -0.39 is 5.97 Å². The summed E-state index contributed by atoms with van der Waals surface area (Å²) < 4.78 is 0. The summed E-state index contributed by atoms with van der Waals surface area (Å²) in [5.41, 5.74) is 1.57. The van der Waals surface area contributed by atoms with Crippen molar-refractivity contribution in [2.24, 2.45) is 0 Å². The predicted molar refractivity (Wildman–Crippen MR) is 55.9 cm³/mol. The van der Waals surface area contributed by atoms with Gasteiger partial charge in [-0.05, 0) is 6.92 Å². The monoisotopic (exact) mass is 228 g/mol. The maximum atomic E-state index is 11.7. The molecule has 1 atom stereocenters. The first-order chi connectivity index (χ1) is 7.02. The third-order valence-corrected chi connectivity index (χ3v) is 2.86. The summed E-state index contributed by atoms with van der Waals surface area (Å²) in [6.07, 6.45) is 1.43. The van der Waals surface area contributed by atoms with Gasteiger partial charge in [-0.2, -0.15) is 0 Å². The van der Waals surface area contributed by atoms with E-state index in [1.165, 1.54) is 22.4 Å². The van der Waals surface area contributed by atoms with Crippen molar-refractivity contribution in [3.8, 4) is 0 Å². The molecule has 15 heavy (non-hydrogen) atoms. The van der Waals surface area contributed by atoms with E-state index in [0.717, 1.165) is 0 Å². The highest BCUT2D eigenvalue weighted by molar-refractivity contribution is 7.11. The number of hydrogen-bond acceptors (Lipinski definition) is 4. The highest BCUT2D eigenvalue weighted by Crippen LogP contribution is 2.12. The summed E-state index contributed by atoms with van der Waals surface area (Å²) in [7, 11) is 1.59. The van der Waals surface area contributed by atoms with Gasteiger partial charge in [0, 0.05) is 13.1 Å². The molecule has 0 aliphatic rings. The van der Waals surface area contributed by atoms with E-state index in [2.05, 4.69) is 4.98 Å². The van der Waals surface area contributed by atoms with Crippen molar-refractivity contribution in [3.63, 3.8) is 0 Å². The molecule has 0 bridgehead atoms. The van der Waals surface area contributed by atoms with E-state index >= 15 is 0 Å². The van der Waals surface area contributed by atoms with E-state index in [1.807, 2.05) is 0 Å². The van der Waals surface area contributed by atoms with Gasteiger partial charge >= 0.3 is 5.97 Å². The summed E-state index contributed by atoms with van der Waals surface area (Å²) in [5.74, 6) is -1.10. The van der Waals surface area contributed by atoms with Gasteiger partial charge in [0.25, 0.3) is 5.91 Å². The second-order valence-electron chi connectivity index (χ2n) is 3.23. The van der Waals surface area contributed by atoms with Gasteiger partial charge in [0.2, 0.25) is 0 Å². The smallest absolute Gasteiger partial charge is 0.305 e. The normalized spacial score (nSPS) is 12.1. The van der Waals surface area contributed by atoms with Crippen LogP contribution in [0, 0.1) is 0 Å². The molecule has 0 radical (unpaired) electrons. The molecule has 1 N–H and O–H groups in total. The highest BCUT2D eigenvalue weighted by atomic mass is 32.1. The maximum Gasteiger partial charge on any atom is 0.305 e. The number of rotatable bonds is 4. The van der Waals surface area contributed by atoms with Crippen molar-refractivity contribution in [3.05, 3.63) is 16.6 Å². The molecule has 0 aliphatic carbocycles. The quantitative estimate of drug-likeness (QED) is 0.837. The van der Waals surface area contributed by atoms with Crippen LogP contribution in [0.25, 0.3) is 0 Å². The van der Waals surface area contributed by atoms with E-state index in [4.69, 9.17) is 5.11 Å². The number of carboxylic acid groups (broad SMARTS) is 1. The van der Waals surface area contributed by atoms with E-state index in [1.54, 1.807) is 19.5 Å². The average molecular weight is 228 g/mol. The van der Waals surface area contributed by atoms with Crippen molar-refractivity contribution >= 4 is 23.2 Å². The molecule has 1 amide bonds. The van der Waals surface area contributed by atoms with Gasteiger partial charge < -0.3 is 10.0 Å². The van der Waals surface area contributed by atoms with Crippen LogP contribution in [0.1, 0.15) is 23.0 Å². The second kappa shape index (κ2) is 4.88. The molecule has 0 fully saturated rings. The lowest BCUT2D eigenvalue weighted by atomic mass is 10.2. The number of carbonyl (C=O) groups is 2. The van der Waals surface area contributed by atoms with Gasteiger partial charge in [0.05, 0.1) is 18.1 Å². The summed E-state index contributed by atoms with van der Waals surface area (Å²) in [6, 6.07) is -0.322. The first-order valence-electron chi connectivity index (χ1n) is 4.39. The van der Waals surface area contributed by atoms with Crippen molar-refractivity contribution in [2.45, 2.75) is 19.4 Å². The molecular weight excluding hydrogens is 216 g/mol. The lowest BCUT2D eigenvalue weighted by Gasteiger charge is -2.22. The van der Waals surface area contributed by atoms with Gasteiger partial charge in [0.1, 0.15) is 4.88 Å². The summed E-state index contributed by atoms with van der Waals surface area (Å²) in [4.78, 5) is 27.9. The Morgan fingerprint density at radius 2 is 2.33 bits per heavy atom. The van der Waals surface area contributed by atoms with E-state index in [9.17, 15) is 9.59 Å². The molecule has 0 saturated carbocycles. The van der Waals surface area contributed by atoms with Crippen molar-refractivity contribution < 1.29 is 14.7 Å². The van der Waals surface area contributed by atoms with Crippen LogP contribution in [-0.4, -0.2) is 40.0 Å². The van der Waals surface area contributed by atoms with Crippen LogP contribution in [0.15, 0.2) is 11.7 Å². The highest BCUT2D eigenvalue weighted by Gasteiger charge is 2.20. The number of carboxylic acids is 1. The van der Waals surface area contributed by atoms with Gasteiger partial charge in [-0.3, -0.25) is 14.6 Å². The number of amides is 1. The number of aliphatic carboxylic acids is 1. The standard InChI is InChI=1S/C9H12N2O3S/c1-6(3-8(12)13)11(2)9(14)7-4-10-5-15-7/h4-6H,3H2,1-2H3,(H,12,13). The molecule has 0 aromatic carbocycles. The Hall–Kier alpha value is -1.43. The average Bonchev–Trinajstić information content (AvgIpc) is 2.67. The van der Waals surface area contributed by atoms with Crippen molar-refractivity contribution in [2.75, 3.05) is 7.05 Å². The fraction of sp³-hybridized carbons (Fsp3) is 0.444. The molecule has 6 heteroatoms. The Morgan fingerprint density at radius 1 is 1.67 bits per heavy atom. The molecule has 0 spiro atoms. The molecule has 0 saturated heterocycles. The minimum Gasteiger partial charge on any atom is -0.481 e. The molecule has 0 aliphatic heterocycles. The summed E-state index contributed by atoms with van der Waals surface area (Å²) in [5, 5.41) is 8.60. The maximum absolute atomic E-state index is 11.7. The summed E-state index contributed by atoms with van der Waals surface area (Å²) >= 11 is 1.25. The van der Waals surface area contributed by atoms with Crippen LogP contribution in [0.3, 0.4) is 0 Å².